The minimum Gasteiger partial charge on any atom is -0.497 e. The number of para-hydroxylation sites is 1. The van der Waals surface area contributed by atoms with Gasteiger partial charge in [-0.25, -0.2) is 4.98 Å². The second-order valence-electron chi connectivity index (χ2n) is 7.91. The quantitative estimate of drug-likeness (QED) is 0.292. The van der Waals surface area contributed by atoms with Crippen LogP contribution in [0.4, 0.5) is 17.3 Å². The molecular formula is C27H33N5O4S. The fraction of sp³-hybridized carbons (Fsp3) is 0.296. The van der Waals surface area contributed by atoms with E-state index in [1.165, 1.54) is 0 Å². The van der Waals surface area contributed by atoms with Gasteiger partial charge in [-0.05, 0) is 49.2 Å². The Morgan fingerprint density at radius 1 is 1.03 bits per heavy atom. The molecule has 1 amide bonds. The number of H-pyrrole nitrogens is 1. The molecule has 0 radical (unpaired) electrons. The summed E-state index contributed by atoms with van der Waals surface area (Å²) in [6.45, 7) is 4.00. The first-order valence-electron chi connectivity index (χ1n) is 12.0. The van der Waals surface area contributed by atoms with E-state index < -0.39 is 10.8 Å². The highest BCUT2D eigenvalue weighted by Gasteiger charge is 2.29. The Hall–Kier alpha value is -3.92. The van der Waals surface area contributed by atoms with E-state index in [-0.39, 0.29) is 11.8 Å². The highest BCUT2D eigenvalue weighted by atomic mass is 32.2. The lowest BCUT2D eigenvalue weighted by Gasteiger charge is -2.09. The highest BCUT2D eigenvalue weighted by molar-refractivity contribution is 7.84. The summed E-state index contributed by atoms with van der Waals surface area (Å²) in [4.78, 5) is 16.3. The van der Waals surface area contributed by atoms with E-state index in [2.05, 4.69) is 25.8 Å². The molecule has 2 aromatic carbocycles. The number of carbonyl (C=O) groups is 1. The maximum absolute atomic E-state index is 11.5. The lowest BCUT2D eigenvalue weighted by molar-refractivity contribution is -0.117. The number of benzene rings is 2. The maximum atomic E-state index is 11.5. The topological polar surface area (TPSA) is 118 Å². The third kappa shape index (κ3) is 7.53. The number of amides is 1. The molecule has 0 saturated heterocycles. The number of hydrogen-bond acceptors (Lipinski definition) is 7. The Labute approximate surface area is 219 Å². The van der Waals surface area contributed by atoms with Crippen molar-refractivity contribution in [1.29, 1.82) is 0 Å². The molecule has 0 bridgehead atoms. The van der Waals surface area contributed by atoms with Crippen LogP contribution in [0.2, 0.25) is 0 Å². The number of aromatic nitrogens is 3. The van der Waals surface area contributed by atoms with E-state index in [0.717, 1.165) is 35.2 Å². The third-order valence-electron chi connectivity index (χ3n) is 5.39. The van der Waals surface area contributed by atoms with Crippen molar-refractivity contribution < 1.29 is 18.5 Å². The van der Waals surface area contributed by atoms with Gasteiger partial charge in [0.25, 0.3) is 0 Å². The third-order valence-corrected chi connectivity index (χ3v) is 6.28. The van der Waals surface area contributed by atoms with Gasteiger partial charge in [-0.1, -0.05) is 26.0 Å². The maximum Gasteiger partial charge on any atom is 0.227 e. The molecule has 0 aliphatic heterocycles. The minimum absolute atomic E-state index is 0.134. The molecule has 1 unspecified atom stereocenters. The molecule has 1 aliphatic carbocycles. The van der Waals surface area contributed by atoms with Crippen molar-refractivity contribution in [2.24, 2.45) is 5.92 Å². The zero-order valence-corrected chi connectivity index (χ0v) is 22.5. The van der Waals surface area contributed by atoms with Gasteiger partial charge in [0.1, 0.15) is 5.75 Å². The average molecular weight is 524 g/mol. The fourth-order valence-electron chi connectivity index (χ4n) is 3.27. The van der Waals surface area contributed by atoms with E-state index in [1.54, 1.807) is 32.7 Å². The molecule has 10 heteroatoms. The molecule has 4 aromatic rings. The van der Waals surface area contributed by atoms with Crippen molar-refractivity contribution in [3.8, 4) is 11.5 Å². The van der Waals surface area contributed by atoms with Gasteiger partial charge < -0.3 is 20.1 Å². The summed E-state index contributed by atoms with van der Waals surface area (Å²) in [6.07, 6.45) is 5.23. The van der Waals surface area contributed by atoms with Gasteiger partial charge in [-0.3, -0.25) is 14.1 Å². The monoisotopic (exact) mass is 523 g/mol. The molecule has 9 nitrogen and oxygen atoms in total. The largest absolute Gasteiger partial charge is 0.497 e. The number of anilines is 3. The molecule has 2 aromatic heterocycles. The number of hydrogen-bond donors (Lipinski definition) is 3. The molecule has 1 fully saturated rings. The van der Waals surface area contributed by atoms with E-state index in [4.69, 9.17) is 9.47 Å². The van der Waals surface area contributed by atoms with E-state index in [0.29, 0.717) is 22.3 Å². The molecule has 1 atom stereocenters. The van der Waals surface area contributed by atoms with Gasteiger partial charge in [0.05, 0.1) is 35.4 Å². The van der Waals surface area contributed by atoms with Crippen molar-refractivity contribution in [2.75, 3.05) is 31.1 Å². The van der Waals surface area contributed by atoms with Crippen molar-refractivity contribution >= 4 is 44.9 Å². The molecule has 5 rings (SSSR count). The van der Waals surface area contributed by atoms with Crippen LogP contribution < -0.4 is 20.1 Å². The summed E-state index contributed by atoms with van der Waals surface area (Å²) in [5, 5.41) is 14.1. The van der Waals surface area contributed by atoms with E-state index in [9.17, 15) is 9.00 Å². The number of rotatable bonds is 7. The number of nitrogens with one attached hydrogen (secondary N) is 3. The van der Waals surface area contributed by atoms with Gasteiger partial charge in [0, 0.05) is 35.5 Å². The first-order valence-corrected chi connectivity index (χ1v) is 13.6. The van der Waals surface area contributed by atoms with Crippen LogP contribution in [0.5, 0.6) is 11.5 Å². The molecule has 1 saturated carbocycles. The van der Waals surface area contributed by atoms with Gasteiger partial charge >= 0.3 is 0 Å². The second-order valence-corrected chi connectivity index (χ2v) is 9.29. The summed E-state index contributed by atoms with van der Waals surface area (Å²) in [7, 11) is 2.07. The molecule has 196 valence electrons. The molecule has 0 spiro atoms. The minimum atomic E-state index is -1.10. The van der Waals surface area contributed by atoms with Crippen molar-refractivity contribution in [3.63, 3.8) is 0 Å². The first-order chi connectivity index (χ1) is 18.0. The van der Waals surface area contributed by atoms with Gasteiger partial charge in [-0.2, -0.15) is 5.10 Å². The predicted molar refractivity (Wildman–Crippen MR) is 148 cm³/mol. The standard InChI is InChI=1S/C14H14N4O2S.C11H13NO2.C2H6/c1-20-12-7-9(21(2)19)8-15-14(12)16-13-10-5-3-4-6-11(10)17-18-13;1-14-10-6-4-9(5-7-10)12-11(13)8-2-3-8;1-2/h3-8H,1-2H3,(H2,15,16,17,18);4-8H,2-3H2,1H3,(H,12,13);1-2H3. The van der Waals surface area contributed by atoms with Gasteiger partial charge in [-0.15, -0.1) is 0 Å². The van der Waals surface area contributed by atoms with Crippen LogP contribution in [0.1, 0.15) is 26.7 Å². The zero-order chi connectivity index (χ0) is 26.8. The zero-order valence-electron chi connectivity index (χ0n) is 21.7. The van der Waals surface area contributed by atoms with Crippen LogP contribution in [-0.4, -0.2) is 45.8 Å². The SMILES string of the molecule is CC.COc1cc(S(C)=O)cnc1Nc1n[nH]c2ccccc12.COc1ccc(NC(=O)C2CC2)cc1. The van der Waals surface area contributed by atoms with Crippen LogP contribution in [0.3, 0.4) is 0 Å². The van der Waals surface area contributed by atoms with E-state index >= 15 is 0 Å². The van der Waals surface area contributed by atoms with Crippen LogP contribution >= 0.6 is 0 Å². The summed E-state index contributed by atoms with van der Waals surface area (Å²) < 4.78 is 21.8. The predicted octanol–water partition coefficient (Wildman–Crippen LogP) is 5.52. The number of nitrogens with zero attached hydrogens (tertiary/aromatic N) is 2. The van der Waals surface area contributed by atoms with Crippen molar-refractivity contribution in [3.05, 3.63) is 60.8 Å². The Morgan fingerprint density at radius 2 is 1.73 bits per heavy atom. The summed E-state index contributed by atoms with van der Waals surface area (Å²) in [5.74, 6) is 2.90. The first kappa shape index (κ1) is 27.7. The van der Waals surface area contributed by atoms with Crippen molar-refractivity contribution in [2.45, 2.75) is 31.6 Å². The summed E-state index contributed by atoms with van der Waals surface area (Å²) in [5.41, 5.74) is 1.77. The summed E-state index contributed by atoms with van der Waals surface area (Å²) >= 11 is 0. The van der Waals surface area contributed by atoms with Crippen LogP contribution in [0.15, 0.2) is 65.7 Å². The Balaban J connectivity index is 0.000000207. The van der Waals surface area contributed by atoms with Crippen molar-refractivity contribution in [1.82, 2.24) is 15.2 Å². The normalized spacial score (nSPS) is 12.8. The second kappa shape index (κ2) is 13.4. The Bertz CT molecular complexity index is 1340. The van der Waals surface area contributed by atoms with Crippen LogP contribution in [-0.2, 0) is 15.6 Å². The molecular weight excluding hydrogens is 490 g/mol. The summed E-state index contributed by atoms with van der Waals surface area (Å²) in [6, 6.07) is 16.9. The van der Waals surface area contributed by atoms with Gasteiger partial charge in [0.2, 0.25) is 5.91 Å². The van der Waals surface area contributed by atoms with E-state index in [1.807, 2.05) is 62.4 Å². The molecule has 2 heterocycles. The molecule has 1 aliphatic rings. The number of carbonyl (C=O) groups excluding carboxylic acids is 1. The van der Waals surface area contributed by atoms with Gasteiger partial charge in [0.15, 0.2) is 17.4 Å². The van der Waals surface area contributed by atoms with Crippen LogP contribution in [0.25, 0.3) is 10.9 Å². The Morgan fingerprint density at radius 3 is 2.35 bits per heavy atom. The number of pyridine rings is 1. The average Bonchev–Trinajstić information content (AvgIpc) is 3.72. The molecule has 37 heavy (non-hydrogen) atoms. The molecule has 3 N–H and O–H groups in total. The smallest absolute Gasteiger partial charge is 0.227 e. The lowest BCUT2D eigenvalue weighted by atomic mass is 10.2. The fourth-order valence-corrected chi connectivity index (χ4v) is 3.74. The number of ether oxygens (including phenoxy) is 2. The number of methoxy groups -OCH3 is 2. The Kier molecular flexibility index (Phi) is 10.0. The number of aromatic amines is 1. The number of fused-ring (bicyclic) bond motifs is 1. The lowest BCUT2D eigenvalue weighted by Crippen LogP contribution is -2.12. The highest BCUT2D eigenvalue weighted by Crippen LogP contribution is 2.31. The van der Waals surface area contributed by atoms with Crippen LogP contribution in [0, 0.1) is 5.92 Å².